The lowest BCUT2D eigenvalue weighted by Gasteiger charge is -2.40. The molecule has 3 aliphatic rings. The molecule has 2 saturated carbocycles. The van der Waals surface area contributed by atoms with Gasteiger partial charge in [-0.05, 0) is 56.2 Å². The van der Waals surface area contributed by atoms with E-state index in [9.17, 15) is 9.18 Å². The van der Waals surface area contributed by atoms with E-state index >= 15 is 0 Å². The second kappa shape index (κ2) is 9.36. The monoisotopic (exact) mass is 387 g/mol. The molecule has 0 spiro atoms. The molecule has 4 rings (SSSR count). The molecule has 1 saturated heterocycles. The number of carbonyl (C=O) groups excluding carboxylic acids is 1. The van der Waals surface area contributed by atoms with Crippen molar-refractivity contribution >= 4 is 5.91 Å². The van der Waals surface area contributed by atoms with E-state index in [1.807, 2.05) is 6.07 Å². The molecular weight excluding hydrogens is 353 g/mol. The summed E-state index contributed by atoms with van der Waals surface area (Å²) in [5, 5.41) is 3.54. The molecular formula is C23H34FN3O. The molecule has 1 heterocycles. The molecule has 3 fully saturated rings. The normalized spacial score (nSPS) is 27.2. The van der Waals surface area contributed by atoms with E-state index in [1.165, 1.54) is 31.7 Å². The maximum atomic E-state index is 13.3. The van der Waals surface area contributed by atoms with Gasteiger partial charge in [0.05, 0.1) is 0 Å². The highest BCUT2D eigenvalue weighted by molar-refractivity contribution is 5.79. The Bertz CT molecular complexity index is 645. The third-order valence-electron chi connectivity index (χ3n) is 7.03. The summed E-state index contributed by atoms with van der Waals surface area (Å²) in [4.78, 5) is 17.7. The Morgan fingerprint density at radius 2 is 1.71 bits per heavy atom. The molecule has 1 amide bonds. The zero-order valence-corrected chi connectivity index (χ0v) is 16.9. The quantitative estimate of drug-likeness (QED) is 0.839. The minimum Gasteiger partial charge on any atom is -0.340 e. The predicted molar refractivity (Wildman–Crippen MR) is 109 cm³/mol. The molecule has 0 bridgehead atoms. The highest BCUT2D eigenvalue weighted by Crippen LogP contribution is 2.28. The van der Waals surface area contributed by atoms with Crippen molar-refractivity contribution in [3.05, 3.63) is 35.6 Å². The van der Waals surface area contributed by atoms with E-state index < -0.39 is 0 Å². The van der Waals surface area contributed by atoms with E-state index in [0.717, 1.165) is 63.5 Å². The van der Waals surface area contributed by atoms with Crippen LogP contribution in [-0.2, 0) is 11.3 Å². The standard InChI is InChI=1S/C23H34FN3O/c24-20-5-3-4-18(16-20)17-25-21-10-8-19(9-11-21)23(28)27-14-12-26(13-15-27)22-6-1-2-7-22/h3-5,16,19,21-22,25H,1-2,6-15,17H2. The highest BCUT2D eigenvalue weighted by Gasteiger charge is 2.32. The zero-order chi connectivity index (χ0) is 19.3. The average molecular weight is 388 g/mol. The number of carbonyl (C=O) groups is 1. The Morgan fingerprint density at radius 3 is 2.39 bits per heavy atom. The van der Waals surface area contributed by atoms with Crippen molar-refractivity contribution in [2.75, 3.05) is 26.2 Å². The van der Waals surface area contributed by atoms with Gasteiger partial charge in [-0.2, -0.15) is 0 Å². The van der Waals surface area contributed by atoms with Gasteiger partial charge in [0.1, 0.15) is 5.82 Å². The lowest BCUT2D eigenvalue weighted by Crippen LogP contribution is -2.53. The molecule has 1 aliphatic heterocycles. The molecule has 0 unspecified atom stereocenters. The number of halogens is 1. The number of rotatable bonds is 5. The zero-order valence-electron chi connectivity index (χ0n) is 16.9. The van der Waals surface area contributed by atoms with Crippen LogP contribution in [0.25, 0.3) is 0 Å². The first-order chi connectivity index (χ1) is 13.7. The fraction of sp³-hybridized carbons (Fsp3) is 0.696. The number of piperazine rings is 1. The van der Waals surface area contributed by atoms with Crippen molar-refractivity contribution < 1.29 is 9.18 Å². The summed E-state index contributed by atoms with van der Waals surface area (Å²) in [6, 6.07) is 8.00. The Kier molecular flexibility index (Phi) is 6.63. The second-order valence-electron chi connectivity index (χ2n) is 8.86. The van der Waals surface area contributed by atoms with Crippen LogP contribution in [0.15, 0.2) is 24.3 Å². The van der Waals surface area contributed by atoms with E-state index in [2.05, 4.69) is 15.1 Å². The second-order valence-corrected chi connectivity index (χ2v) is 8.86. The molecule has 0 atom stereocenters. The minimum atomic E-state index is -0.179. The summed E-state index contributed by atoms with van der Waals surface area (Å²) in [5.41, 5.74) is 0.985. The van der Waals surface area contributed by atoms with Gasteiger partial charge in [-0.1, -0.05) is 25.0 Å². The van der Waals surface area contributed by atoms with Crippen LogP contribution in [-0.4, -0.2) is 54.0 Å². The van der Waals surface area contributed by atoms with Crippen LogP contribution >= 0.6 is 0 Å². The van der Waals surface area contributed by atoms with E-state index in [-0.39, 0.29) is 11.7 Å². The molecule has 0 aromatic heterocycles. The summed E-state index contributed by atoms with van der Waals surface area (Å²) >= 11 is 0. The molecule has 1 aromatic carbocycles. The third kappa shape index (κ3) is 4.93. The number of amides is 1. The Hall–Kier alpha value is -1.46. The van der Waals surface area contributed by atoms with E-state index in [4.69, 9.17) is 0 Å². The molecule has 2 aliphatic carbocycles. The summed E-state index contributed by atoms with van der Waals surface area (Å²) in [6.45, 7) is 4.63. The Morgan fingerprint density at radius 1 is 1.00 bits per heavy atom. The summed E-state index contributed by atoms with van der Waals surface area (Å²) in [7, 11) is 0. The van der Waals surface area contributed by atoms with Crippen LogP contribution in [0.1, 0.15) is 56.9 Å². The minimum absolute atomic E-state index is 0.179. The molecule has 5 heteroatoms. The van der Waals surface area contributed by atoms with Gasteiger partial charge in [0.15, 0.2) is 0 Å². The fourth-order valence-corrected chi connectivity index (χ4v) is 5.29. The van der Waals surface area contributed by atoms with Crippen molar-refractivity contribution in [1.29, 1.82) is 0 Å². The van der Waals surface area contributed by atoms with Gasteiger partial charge in [0, 0.05) is 50.7 Å². The SMILES string of the molecule is O=C(C1CCC(NCc2cccc(F)c2)CC1)N1CCN(C2CCCC2)CC1. The first-order valence-electron chi connectivity index (χ1n) is 11.2. The number of benzene rings is 1. The van der Waals surface area contributed by atoms with Crippen molar-refractivity contribution in [2.45, 2.75) is 70.0 Å². The highest BCUT2D eigenvalue weighted by atomic mass is 19.1. The van der Waals surface area contributed by atoms with Gasteiger partial charge in [-0.25, -0.2) is 4.39 Å². The van der Waals surface area contributed by atoms with Gasteiger partial charge in [0.2, 0.25) is 5.91 Å². The van der Waals surface area contributed by atoms with Crippen LogP contribution in [0.3, 0.4) is 0 Å². The molecule has 0 radical (unpaired) electrons. The van der Waals surface area contributed by atoms with Crippen molar-refractivity contribution in [3.8, 4) is 0 Å². The van der Waals surface area contributed by atoms with Crippen molar-refractivity contribution in [3.63, 3.8) is 0 Å². The lowest BCUT2D eigenvalue weighted by molar-refractivity contribution is -0.138. The summed E-state index contributed by atoms with van der Waals surface area (Å²) in [6.07, 6.45) is 9.47. The third-order valence-corrected chi connectivity index (χ3v) is 7.03. The number of hydrogen-bond donors (Lipinski definition) is 1. The van der Waals surface area contributed by atoms with Crippen molar-refractivity contribution in [1.82, 2.24) is 15.1 Å². The Balaban J connectivity index is 1.18. The molecule has 28 heavy (non-hydrogen) atoms. The van der Waals surface area contributed by atoms with Crippen LogP contribution < -0.4 is 5.32 Å². The number of hydrogen-bond acceptors (Lipinski definition) is 3. The molecule has 1 aromatic rings. The van der Waals surface area contributed by atoms with Gasteiger partial charge < -0.3 is 10.2 Å². The maximum Gasteiger partial charge on any atom is 0.225 e. The predicted octanol–water partition coefficient (Wildman–Crippen LogP) is 3.56. The molecule has 1 N–H and O–H groups in total. The number of nitrogens with one attached hydrogen (secondary N) is 1. The van der Waals surface area contributed by atoms with E-state index in [1.54, 1.807) is 12.1 Å². The van der Waals surface area contributed by atoms with Crippen LogP contribution in [0.2, 0.25) is 0 Å². The summed E-state index contributed by atoms with van der Waals surface area (Å²) in [5.74, 6) is 0.404. The van der Waals surface area contributed by atoms with Gasteiger partial charge in [-0.15, -0.1) is 0 Å². The van der Waals surface area contributed by atoms with Gasteiger partial charge in [-0.3, -0.25) is 9.69 Å². The molecule has 4 nitrogen and oxygen atoms in total. The summed E-state index contributed by atoms with van der Waals surface area (Å²) < 4.78 is 13.3. The van der Waals surface area contributed by atoms with Crippen LogP contribution in [0.4, 0.5) is 4.39 Å². The van der Waals surface area contributed by atoms with Gasteiger partial charge in [0.25, 0.3) is 0 Å². The van der Waals surface area contributed by atoms with Crippen LogP contribution in [0, 0.1) is 11.7 Å². The smallest absolute Gasteiger partial charge is 0.225 e. The first kappa shape index (κ1) is 19.8. The van der Waals surface area contributed by atoms with Gasteiger partial charge >= 0.3 is 0 Å². The lowest BCUT2D eigenvalue weighted by atomic mass is 9.85. The maximum absolute atomic E-state index is 13.3. The fourth-order valence-electron chi connectivity index (χ4n) is 5.29. The van der Waals surface area contributed by atoms with E-state index in [0.29, 0.717) is 18.5 Å². The largest absolute Gasteiger partial charge is 0.340 e. The number of nitrogens with zero attached hydrogens (tertiary/aromatic N) is 2. The van der Waals surface area contributed by atoms with Crippen LogP contribution in [0.5, 0.6) is 0 Å². The van der Waals surface area contributed by atoms with Crippen molar-refractivity contribution in [2.24, 2.45) is 5.92 Å². The molecule has 154 valence electrons. The average Bonchev–Trinajstić information content (AvgIpc) is 3.27. The topological polar surface area (TPSA) is 35.6 Å². The first-order valence-corrected chi connectivity index (χ1v) is 11.2. The Labute approximate surface area is 168 Å².